The van der Waals surface area contributed by atoms with Crippen LogP contribution in [0.15, 0.2) is 98.0 Å². The zero-order chi connectivity index (χ0) is 40.2. The van der Waals surface area contributed by atoms with Gasteiger partial charge in [-0.3, -0.25) is 9.59 Å². The molecule has 0 saturated carbocycles. The van der Waals surface area contributed by atoms with Crippen molar-refractivity contribution in [3.63, 3.8) is 0 Å². The lowest BCUT2D eigenvalue weighted by Gasteiger charge is -2.39. The first-order valence-electron chi connectivity index (χ1n) is 19.7. The summed E-state index contributed by atoms with van der Waals surface area (Å²) in [6.07, 6.45) is 32.2. The first-order chi connectivity index (χ1) is 26.8. The molecule has 310 valence electrons. The van der Waals surface area contributed by atoms with Gasteiger partial charge in [-0.2, -0.15) is 0 Å². The van der Waals surface area contributed by atoms with E-state index in [9.17, 15) is 30.0 Å². The molecule has 0 aromatic carbocycles. The Bertz CT molecular complexity index is 1220. The first kappa shape index (κ1) is 49.2. The fraction of sp³-hybridized carbons (Fsp3) is 0.581. The van der Waals surface area contributed by atoms with Crippen LogP contribution < -0.4 is 0 Å². The van der Waals surface area contributed by atoms with Gasteiger partial charge in [-0.15, -0.1) is 0 Å². The molecule has 12 nitrogen and oxygen atoms in total. The summed E-state index contributed by atoms with van der Waals surface area (Å²) in [7, 11) is 0. The van der Waals surface area contributed by atoms with Crippen molar-refractivity contribution < 1.29 is 58.4 Å². The molecule has 1 aliphatic heterocycles. The molecular formula is C43H66O12. The standard InChI is InChI=1S/C43H66O12/c1-3-5-7-23-29-50-31-25-19-15-11-9-10-13-17-21-27-38(45)52-34-36(35-53-43-42(49)41(48)40(47)37(33-44)55-43)54-39(46)28-22-18-14-12-16-20-26-32-51-30-24-8-6-4-2/h5-8,15-16,19-20,23-26,29-32,36-37,40-44,47-49H,3-4,9-14,17-18,21-22,27-28,33-35H2,1-2H3/b7-5-,8-6-,19-15-,20-16-,29-23-,30-24-,31-25+,32-26+/t36-,37-,40+,41+,42-,43-/m1/s1. The van der Waals surface area contributed by atoms with Crippen molar-refractivity contribution in [3.8, 4) is 0 Å². The molecule has 1 heterocycles. The molecule has 55 heavy (non-hydrogen) atoms. The Balaban J connectivity index is 2.43. The molecule has 0 unspecified atom stereocenters. The Kier molecular flexibility index (Phi) is 31.1. The summed E-state index contributed by atoms with van der Waals surface area (Å²) in [5.74, 6) is -0.931. The van der Waals surface area contributed by atoms with E-state index in [0.29, 0.717) is 12.8 Å². The molecule has 6 atom stereocenters. The van der Waals surface area contributed by atoms with Crippen LogP contribution in [0.3, 0.4) is 0 Å². The van der Waals surface area contributed by atoms with Crippen molar-refractivity contribution in [3.05, 3.63) is 98.0 Å². The van der Waals surface area contributed by atoms with E-state index in [4.69, 9.17) is 28.4 Å². The Hall–Kier alpha value is -3.78. The zero-order valence-corrected chi connectivity index (χ0v) is 32.8. The number of esters is 2. The van der Waals surface area contributed by atoms with Crippen LogP contribution in [0.2, 0.25) is 0 Å². The van der Waals surface area contributed by atoms with Crippen LogP contribution in [0, 0.1) is 0 Å². The quantitative estimate of drug-likeness (QED) is 0.0245. The predicted molar refractivity (Wildman–Crippen MR) is 212 cm³/mol. The number of rotatable bonds is 31. The van der Waals surface area contributed by atoms with E-state index in [1.54, 1.807) is 31.1 Å². The number of hydrogen-bond acceptors (Lipinski definition) is 12. The van der Waals surface area contributed by atoms with Crippen LogP contribution in [0.25, 0.3) is 0 Å². The van der Waals surface area contributed by atoms with Gasteiger partial charge in [-0.1, -0.05) is 88.1 Å². The minimum absolute atomic E-state index is 0.149. The summed E-state index contributed by atoms with van der Waals surface area (Å²) >= 11 is 0. The SMILES string of the molecule is CC/C=C\C=C/O/C=C/C=C\CCCCCCCC(=O)OC[C@H](CO[C@@H]1O[C@H](CO)[C@H](O)[C@H](O)[C@H]1O)OC(=O)CCCCC/C=C\C=C\O/C=C\C=C/CC. The fourth-order valence-electron chi connectivity index (χ4n) is 5.03. The Morgan fingerprint density at radius 3 is 1.64 bits per heavy atom. The molecule has 1 saturated heterocycles. The molecule has 0 spiro atoms. The predicted octanol–water partition coefficient (Wildman–Crippen LogP) is 7.07. The van der Waals surface area contributed by atoms with Gasteiger partial charge in [-0.05, 0) is 75.7 Å². The van der Waals surface area contributed by atoms with Crippen LogP contribution >= 0.6 is 0 Å². The van der Waals surface area contributed by atoms with Crippen LogP contribution in [-0.4, -0.2) is 89.0 Å². The highest BCUT2D eigenvalue weighted by Gasteiger charge is 2.44. The summed E-state index contributed by atoms with van der Waals surface area (Å²) in [4.78, 5) is 25.2. The molecular weight excluding hydrogens is 708 g/mol. The summed E-state index contributed by atoms with van der Waals surface area (Å²) < 4.78 is 32.4. The van der Waals surface area contributed by atoms with E-state index < -0.39 is 55.4 Å². The van der Waals surface area contributed by atoms with Gasteiger partial charge in [0.05, 0.1) is 38.3 Å². The van der Waals surface area contributed by atoms with Gasteiger partial charge < -0.3 is 48.8 Å². The Morgan fingerprint density at radius 1 is 0.600 bits per heavy atom. The van der Waals surface area contributed by atoms with Gasteiger partial charge in [0.2, 0.25) is 0 Å². The number of unbranched alkanes of at least 4 members (excludes halogenated alkanes) is 8. The number of carbonyl (C=O) groups is 2. The van der Waals surface area contributed by atoms with Crippen LogP contribution in [0.5, 0.6) is 0 Å². The minimum Gasteiger partial charge on any atom is -0.473 e. The summed E-state index contributed by atoms with van der Waals surface area (Å²) in [5, 5.41) is 39.9. The molecule has 0 aromatic heterocycles. The maximum Gasteiger partial charge on any atom is 0.306 e. The van der Waals surface area contributed by atoms with Crippen LogP contribution in [0.1, 0.15) is 104 Å². The average molecular weight is 775 g/mol. The molecule has 0 aromatic rings. The maximum absolute atomic E-state index is 12.7. The first-order valence-corrected chi connectivity index (χ1v) is 19.7. The highest BCUT2D eigenvalue weighted by Crippen LogP contribution is 2.22. The Labute approximate surface area is 328 Å². The Morgan fingerprint density at radius 2 is 1.09 bits per heavy atom. The van der Waals surface area contributed by atoms with Crippen molar-refractivity contribution in [2.24, 2.45) is 0 Å². The number of aliphatic hydroxyl groups is 4. The number of allylic oxidation sites excluding steroid dienone is 12. The molecule has 0 aliphatic carbocycles. The fourth-order valence-corrected chi connectivity index (χ4v) is 5.03. The smallest absolute Gasteiger partial charge is 0.306 e. The number of aliphatic hydroxyl groups excluding tert-OH is 4. The average Bonchev–Trinajstić information content (AvgIpc) is 3.18. The summed E-state index contributed by atoms with van der Waals surface area (Å²) in [5.41, 5.74) is 0. The van der Waals surface area contributed by atoms with E-state index >= 15 is 0 Å². The second kappa shape index (κ2) is 34.7. The zero-order valence-electron chi connectivity index (χ0n) is 32.8. The minimum atomic E-state index is -1.62. The second-order valence-electron chi connectivity index (χ2n) is 12.8. The van der Waals surface area contributed by atoms with Gasteiger partial charge in [0, 0.05) is 12.8 Å². The van der Waals surface area contributed by atoms with Crippen LogP contribution in [-0.2, 0) is 38.0 Å². The van der Waals surface area contributed by atoms with Crippen molar-refractivity contribution >= 4 is 11.9 Å². The van der Waals surface area contributed by atoms with E-state index in [2.05, 4.69) is 19.9 Å². The topological polar surface area (TPSA) is 170 Å². The number of ether oxygens (including phenoxy) is 6. The van der Waals surface area contributed by atoms with Crippen molar-refractivity contribution in [2.45, 2.75) is 141 Å². The molecule has 1 rings (SSSR count). The van der Waals surface area contributed by atoms with Gasteiger partial charge in [0.15, 0.2) is 12.4 Å². The lowest BCUT2D eigenvalue weighted by molar-refractivity contribution is -0.305. The largest absolute Gasteiger partial charge is 0.473 e. The monoisotopic (exact) mass is 774 g/mol. The van der Waals surface area contributed by atoms with Crippen molar-refractivity contribution in [1.29, 1.82) is 0 Å². The van der Waals surface area contributed by atoms with E-state index in [0.717, 1.165) is 64.2 Å². The lowest BCUT2D eigenvalue weighted by Crippen LogP contribution is -2.59. The third-order valence-electron chi connectivity index (χ3n) is 8.12. The summed E-state index contributed by atoms with van der Waals surface area (Å²) in [6.45, 7) is 2.93. The van der Waals surface area contributed by atoms with Gasteiger partial charge in [0.25, 0.3) is 0 Å². The number of carbonyl (C=O) groups excluding carboxylic acids is 2. The molecule has 0 amide bonds. The van der Waals surface area contributed by atoms with E-state index in [1.165, 1.54) is 0 Å². The third kappa shape index (κ3) is 26.6. The van der Waals surface area contributed by atoms with E-state index in [-0.39, 0.29) is 26.1 Å². The van der Waals surface area contributed by atoms with Gasteiger partial charge in [0.1, 0.15) is 31.0 Å². The van der Waals surface area contributed by atoms with Crippen molar-refractivity contribution in [2.75, 3.05) is 19.8 Å². The normalized spacial score (nSPS) is 21.5. The van der Waals surface area contributed by atoms with Crippen LogP contribution in [0.4, 0.5) is 0 Å². The van der Waals surface area contributed by atoms with Crippen molar-refractivity contribution in [1.82, 2.24) is 0 Å². The summed E-state index contributed by atoms with van der Waals surface area (Å²) in [6, 6.07) is 0. The highest BCUT2D eigenvalue weighted by atomic mass is 16.7. The second-order valence-corrected chi connectivity index (χ2v) is 12.8. The highest BCUT2D eigenvalue weighted by molar-refractivity contribution is 5.70. The molecule has 1 fully saturated rings. The molecule has 1 aliphatic rings. The molecule has 0 radical (unpaired) electrons. The molecule has 4 N–H and O–H groups in total. The maximum atomic E-state index is 12.7. The third-order valence-corrected chi connectivity index (χ3v) is 8.12. The van der Waals surface area contributed by atoms with Gasteiger partial charge in [-0.25, -0.2) is 0 Å². The molecule has 0 bridgehead atoms. The van der Waals surface area contributed by atoms with E-state index in [1.807, 2.05) is 60.8 Å². The van der Waals surface area contributed by atoms with Gasteiger partial charge >= 0.3 is 11.9 Å². The molecule has 12 heteroatoms. The lowest BCUT2D eigenvalue weighted by atomic mass is 9.99. The number of hydrogen-bond donors (Lipinski definition) is 4.